The molecule has 0 saturated carbocycles. The van der Waals surface area contributed by atoms with Gasteiger partial charge in [0.2, 0.25) is 9.76 Å². The Balaban J connectivity index is 0. The quantitative estimate of drug-likeness (QED) is 0.464. The molecule has 0 aliphatic rings. The minimum atomic E-state index is -4.15. The van der Waals surface area contributed by atoms with E-state index in [-0.39, 0.29) is 9.76 Å². The Morgan fingerprint density at radius 1 is 1.56 bits per heavy atom. The van der Waals surface area contributed by atoms with E-state index in [1.807, 2.05) is 5.79 Å². The van der Waals surface area contributed by atoms with Crippen LogP contribution < -0.4 is 0 Å². The van der Waals surface area contributed by atoms with Gasteiger partial charge < -0.3 is 14.0 Å². The third-order valence-corrected chi connectivity index (χ3v) is 1.89. The second kappa shape index (κ2) is 6.97. The summed E-state index contributed by atoms with van der Waals surface area (Å²) in [5.74, 6) is 1.92. The first kappa shape index (κ1) is 12.5. The van der Waals surface area contributed by atoms with Crippen molar-refractivity contribution in [1.29, 1.82) is 0 Å². The molecule has 2 N–H and O–H groups in total. The molecule has 0 saturated heterocycles. The van der Waals surface area contributed by atoms with Crippen molar-refractivity contribution in [3.8, 4) is 0 Å². The molecule has 0 aromatic carbocycles. The smallest absolute Gasteiger partial charge is 0.331 e. The van der Waals surface area contributed by atoms with Crippen LogP contribution in [0, 0.1) is 0 Å². The van der Waals surface area contributed by atoms with Crippen LogP contribution in [0.2, 0.25) is 12.3 Å². The van der Waals surface area contributed by atoms with Crippen LogP contribution in [0.3, 0.4) is 0 Å². The molecule has 0 atom stereocenters. The van der Waals surface area contributed by atoms with Crippen LogP contribution in [-0.4, -0.2) is 35.8 Å². The molecule has 4 nitrogen and oxygen atoms in total. The van der Waals surface area contributed by atoms with E-state index < -0.39 is 7.82 Å². The molecule has 0 heterocycles. The maximum absolute atomic E-state index is 9.71. The minimum absolute atomic E-state index is 0.154. The van der Waals surface area contributed by atoms with Crippen LogP contribution in [0.15, 0.2) is 0 Å². The Hall–Kier alpha value is 0.859. The molecule has 0 fully saturated rings. The van der Waals surface area contributed by atoms with Crippen molar-refractivity contribution in [1.82, 2.24) is 0 Å². The van der Waals surface area contributed by atoms with E-state index in [4.69, 9.17) is 9.79 Å². The largest absolute Gasteiger partial charge is 0.459 e. The topological polar surface area (TPSA) is 66.8 Å². The molecule has 0 unspecified atom stereocenters. The highest BCUT2D eigenvalue weighted by Crippen LogP contribution is 2.34. The lowest BCUT2D eigenvalue weighted by molar-refractivity contribution is 0.289. The maximum Gasteiger partial charge on any atom is 0.459 e. The molecule has 0 aromatic rings. The van der Waals surface area contributed by atoms with Gasteiger partial charge in [-0.15, -0.1) is 5.79 Å². The summed E-state index contributed by atoms with van der Waals surface area (Å²) in [6.07, 6.45) is 0. The van der Waals surface area contributed by atoms with Crippen molar-refractivity contribution in [2.75, 3.05) is 0 Å². The Labute approximate surface area is 65.2 Å². The van der Waals surface area contributed by atoms with E-state index in [2.05, 4.69) is 20.5 Å². The summed E-state index contributed by atoms with van der Waals surface area (Å²) in [6.45, 7) is 1.54. The number of phosphoric acid groups is 1. The van der Waals surface area contributed by atoms with Crippen LogP contribution in [0.5, 0.6) is 0 Å². The average Bonchev–Trinajstić information content (AvgIpc) is 1.69. The number of rotatable bonds is 2. The molecule has 4 radical (unpaired) electrons. The molecule has 0 spiro atoms. The Morgan fingerprint density at radius 2 is 1.89 bits per heavy atom. The Morgan fingerprint density at radius 3 is 1.89 bits per heavy atom. The molecule has 0 amide bonds. The van der Waals surface area contributed by atoms with Gasteiger partial charge in [0.1, 0.15) is 16.3 Å². The van der Waals surface area contributed by atoms with Crippen LogP contribution in [0.1, 0.15) is 0 Å². The lowest BCUT2D eigenvalue weighted by Crippen LogP contribution is -1.88. The summed E-state index contributed by atoms with van der Waals surface area (Å²) >= 11 is 2.42. The van der Waals surface area contributed by atoms with Crippen molar-refractivity contribution in [3.05, 3.63) is 0 Å². The molecule has 0 aromatic heterocycles. The van der Waals surface area contributed by atoms with E-state index >= 15 is 0 Å². The van der Waals surface area contributed by atoms with Crippen molar-refractivity contribution >= 4 is 33.9 Å². The summed E-state index contributed by atoms with van der Waals surface area (Å²) in [6, 6.07) is 0. The first-order valence-corrected chi connectivity index (χ1v) is 6.14. The molecule has 0 aliphatic carbocycles. The molecule has 0 aliphatic heterocycles. The number of hydrogen-bond donors (Lipinski definition) is 2. The first-order chi connectivity index (χ1) is 4.06. The predicted molar refractivity (Wildman–Crippen MR) is 36.4 cm³/mol. The summed E-state index contributed by atoms with van der Waals surface area (Å²) in [5.41, 5.74) is 0. The monoisotopic (exact) mass is 182 g/mol. The molecular formula is C2H8AlO4PSi. The third kappa shape index (κ3) is 17.7. The zero-order valence-electron chi connectivity index (χ0n) is 5.24. The van der Waals surface area contributed by atoms with Gasteiger partial charge >= 0.3 is 7.82 Å². The summed E-state index contributed by atoms with van der Waals surface area (Å²) in [7, 11) is -4.31. The second-order valence-electron chi connectivity index (χ2n) is 0.786. The van der Waals surface area contributed by atoms with E-state index in [1.165, 1.54) is 0 Å². The molecule has 52 valence electrons. The standard InChI is InChI=1S/CH5O4PSi.CH3.Al/c1-7-5-6(2,3)4;;/h1H3,(H2,2,3,4);1H3;. The highest BCUT2D eigenvalue weighted by Gasteiger charge is 2.10. The summed E-state index contributed by atoms with van der Waals surface area (Å²) < 4.78 is 13.6. The molecule has 0 bridgehead atoms. The van der Waals surface area contributed by atoms with Gasteiger partial charge in [-0.3, -0.25) is 0 Å². The first-order valence-electron chi connectivity index (χ1n) is 2.05. The van der Waals surface area contributed by atoms with Gasteiger partial charge in [-0.25, -0.2) is 4.57 Å². The fraction of sp³-hybridized carbons (Fsp3) is 1.00. The third-order valence-electron chi connectivity index (χ3n) is 0.210. The zero-order chi connectivity index (χ0) is 7.91. The highest BCUT2D eigenvalue weighted by atomic mass is 31.2. The van der Waals surface area contributed by atoms with Crippen LogP contribution in [0.25, 0.3) is 0 Å². The molecular weight excluding hydrogens is 174 g/mol. The highest BCUT2D eigenvalue weighted by molar-refractivity contribution is 7.47. The van der Waals surface area contributed by atoms with Crippen molar-refractivity contribution in [2.24, 2.45) is 0 Å². The Bertz CT molecular complexity index is 92.6. The van der Waals surface area contributed by atoms with Gasteiger partial charge in [0, 0.05) is 0 Å². The zero-order valence-corrected chi connectivity index (χ0v) is 8.28. The minimum Gasteiger partial charge on any atom is -0.331 e. The number of hydrogen-bond acceptors (Lipinski definition) is 2. The summed E-state index contributed by atoms with van der Waals surface area (Å²) in [5, 5.41) is 0. The van der Waals surface area contributed by atoms with E-state index in [0.29, 0.717) is 0 Å². The molecule has 7 heteroatoms. The van der Waals surface area contributed by atoms with Gasteiger partial charge in [-0.2, -0.15) is 0 Å². The van der Waals surface area contributed by atoms with Gasteiger partial charge in [0.25, 0.3) is 0 Å². The maximum atomic E-state index is 9.71. The van der Waals surface area contributed by atoms with Gasteiger partial charge in [-0.05, 0) is 6.55 Å². The van der Waals surface area contributed by atoms with Crippen molar-refractivity contribution < 1.29 is 18.6 Å². The van der Waals surface area contributed by atoms with E-state index in [1.54, 1.807) is 6.55 Å². The second-order valence-corrected chi connectivity index (χ2v) is 2.91. The Kier molecular flexibility index (Phi) is 9.71. The molecule has 9 heavy (non-hydrogen) atoms. The fourth-order valence-corrected chi connectivity index (χ4v) is 1.07. The van der Waals surface area contributed by atoms with Crippen LogP contribution >= 0.6 is 7.82 Å². The van der Waals surface area contributed by atoms with Crippen molar-refractivity contribution in [3.63, 3.8) is 0 Å². The van der Waals surface area contributed by atoms with Crippen molar-refractivity contribution in [2.45, 2.75) is 12.3 Å². The SMILES string of the molecule is C[Si]OP(=O)(O)O.[CH3][Al]. The van der Waals surface area contributed by atoms with Crippen LogP contribution in [-0.2, 0) is 8.78 Å². The molecule has 0 rings (SSSR count). The van der Waals surface area contributed by atoms with Gasteiger partial charge in [0.05, 0.1) is 0 Å². The fourth-order valence-electron chi connectivity index (χ4n) is 0.119. The summed E-state index contributed by atoms with van der Waals surface area (Å²) in [4.78, 5) is 15.8. The lowest BCUT2D eigenvalue weighted by Gasteiger charge is -1.97. The average molecular weight is 182 g/mol. The van der Waals surface area contributed by atoms with Crippen LogP contribution in [0.4, 0.5) is 0 Å². The normalized spacial score (nSPS) is 9.78. The lowest BCUT2D eigenvalue weighted by atomic mass is 11.9. The van der Waals surface area contributed by atoms with E-state index in [0.717, 1.165) is 0 Å². The predicted octanol–water partition coefficient (Wildman–Crippen LogP) is -0.0340. The van der Waals surface area contributed by atoms with Gasteiger partial charge in [0.15, 0.2) is 0 Å². The van der Waals surface area contributed by atoms with Gasteiger partial charge in [-0.1, -0.05) is 0 Å². The van der Waals surface area contributed by atoms with E-state index in [9.17, 15) is 4.57 Å².